The summed E-state index contributed by atoms with van der Waals surface area (Å²) in [6.07, 6.45) is 0. The van der Waals surface area contributed by atoms with Gasteiger partial charge in [-0.1, -0.05) is 24.3 Å². The number of Topliss-reactive ketones (excluding diaryl/α,β-unsaturated/α-hetero) is 1. The molecule has 0 aliphatic rings. The highest BCUT2D eigenvalue weighted by Gasteiger charge is 2.27. The van der Waals surface area contributed by atoms with Gasteiger partial charge in [-0.15, -0.1) is 0 Å². The first-order valence-corrected chi connectivity index (χ1v) is 9.65. The number of hydrogen-bond acceptors (Lipinski definition) is 7. The zero-order valence-corrected chi connectivity index (χ0v) is 17.2. The molecule has 0 aliphatic heterocycles. The summed E-state index contributed by atoms with van der Waals surface area (Å²) in [6, 6.07) is 12.4. The van der Waals surface area contributed by atoms with E-state index >= 15 is 0 Å². The molecular weight excluding hydrogens is 404 g/mol. The Morgan fingerprint density at radius 1 is 0.935 bits per heavy atom. The van der Waals surface area contributed by atoms with Gasteiger partial charge >= 0.3 is 0 Å². The van der Waals surface area contributed by atoms with Crippen LogP contribution in [0.2, 0.25) is 0 Å². The van der Waals surface area contributed by atoms with E-state index in [9.17, 15) is 14.4 Å². The topological polar surface area (TPSA) is 134 Å². The number of hydrogen-bond donors (Lipinski definition) is 4. The van der Waals surface area contributed by atoms with Gasteiger partial charge in [-0.05, 0) is 35.4 Å². The predicted octanol–water partition coefficient (Wildman–Crippen LogP) is 0.147. The first-order chi connectivity index (χ1) is 15.0. The molecule has 0 spiro atoms. The number of amides is 2. The van der Waals surface area contributed by atoms with Gasteiger partial charge in [0.25, 0.3) is 11.8 Å². The number of aliphatic hydroxyl groups is 2. The van der Waals surface area contributed by atoms with E-state index < -0.39 is 30.2 Å². The average Bonchev–Trinajstić information content (AvgIpc) is 2.81. The van der Waals surface area contributed by atoms with Crippen molar-refractivity contribution in [2.45, 2.75) is 6.04 Å². The van der Waals surface area contributed by atoms with Crippen LogP contribution in [0.1, 0.15) is 10.4 Å². The summed E-state index contributed by atoms with van der Waals surface area (Å²) in [7, 11) is 1.47. The second-order valence-corrected chi connectivity index (χ2v) is 6.49. The molecule has 2 rings (SSSR count). The molecule has 0 heterocycles. The highest BCUT2D eigenvalue weighted by Crippen LogP contribution is 2.23. The van der Waals surface area contributed by atoms with E-state index in [1.165, 1.54) is 7.11 Å². The molecule has 0 bridgehead atoms. The van der Waals surface area contributed by atoms with E-state index in [1.807, 2.05) is 12.1 Å². The van der Waals surface area contributed by atoms with Crippen LogP contribution in [0.25, 0.3) is 11.1 Å². The van der Waals surface area contributed by atoms with Crippen LogP contribution in [0, 0.1) is 0 Å². The van der Waals surface area contributed by atoms with Crippen LogP contribution in [-0.2, 0) is 14.3 Å². The van der Waals surface area contributed by atoms with Gasteiger partial charge in [0.05, 0.1) is 13.2 Å². The van der Waals surface area contributed by atoms with Crippen LogP contribution in [-0.4, -0.2) is 73.9 Å². The Bertz CT molecular complexity index is 866. The van der Waals surface area contributed by atoms with Crippen molar-refractivity contribution in [1.29, 1.82) is 0 Å². The number of rotatable bonds is 12. The number of nitrogens with one attached hydrogen (secondary N) is 2. The Morgan fingerprint density at radius 2 is 1.55 bits per heavy atom. The number of ether oxygens (including phenoxy) is 2. The molecule has 0 fully saturated rings. The second-order valence-electron chi connectivity index (χ2n) is 6.49. The number of aliphatic hydroxyl groups excluding tert-OH is 2. The van der Waals surface area contributed by atoms with Crippen molar-refractivity contribution in [3.8, 4) is 16.9 Å². The molecule has 4 N–H and O–H groups in total. The van der Waals surface area contributed by atoms with Gasteiger partial charge in [0.15, 0.2) is 11.8 Å². The molecule has 1 atom stereocenters. The lowest BCUT2D eigenvalue weighted by molar-refractivity contribution is -0.132. The van der Waals surface area contributed by atoms with Crippen molar-refractivity contribution in [2.75, 3.05) is 40.1 Å². The van der Waals surface area contributed by atoms with E-state index in [-0.39, 0.29) is 31.9 Å². The van der Waals surface area contributed by atoms with E-state index in [0.717, 1.165) is 11.1 Å². The van der Waals surface area contributed by atoms with Crippen molar-refractivity contribution < 1.29 is 34.1 Å². The highest BCUT2D eigenvalue weighted by atomic mass is 16.5. The maximum absolute atomic E-state index is 12.5. The van der Waals surface area contributed by atoms with Crippen LogP contribution in [0.15, 0.2) is 48.5 Å². The van der Waals surface area contributed by atoms with Crippen molar-refractivity contribution >= 4 is 17.6 Å². The second kappa shape index (κ2) is 12.4. The number of ketones is 1. The third kappa shape index (κ3) is 7.18. The maximum atomic E-state index is 12.5. The molecule has 166 valence electrons. The van der Waals surface area contributed by atoms with Crippen LogP contribution >= 0.6 is 0 Å². The molecule has 1 unspecified atom stereocenters. The number of methoxy groups -OCH3 is 1. The van der Waals surface area contributed by atoms with Gasteiger partial charge in [-0.3, -0.25) is 14.4 Å². The molecule has 0 saturated carbocycles. The van der Waals surface area contributed by atoms with Crippen LogP contribution in [0.4, 0.5) is 0 Å². The third-order valence-corrected chi connectivity index (χ3v) is 4.32. The molecule has 0 radical (unpaired) electrons. The quantitative estimate of drug-likeness (QED) is 0.278. The number of carbonyl (C=O) groups is 3. The van der Waals surface area contributed by atoms with Gasteiger partial charge in [0.2, 0.25) is 0 Å². The van der Waals surface area contributed by atoms with E-state index in [4.69, 9.17) is 19.7 Å². The van der Waals surface area contributed by atoms with E-state index in [2.05, 4.69) is 10.6 Å². The predicted molar refractivity (Wildman–Crippen MR) is 113 cm³/mol. The molecule has 0 aliphatic carbocycles. The van der Waals surface area contributed by atoms with Gasteiger partial charge < -0.3 is 30.3 Å². The number of benzene rings is 2. The molecule has 2 aromatic carbocycles. The van der Waals surface area contributed by atoms with E-state index in [1.54, 1.807) is 36.4 Å². The molecule has 31 heavy (non-hydrogen) atoms. The Balaban J connectivity index is 2.05. The van der Waals surface area contributed by atoms with Crippen molar-refractivity contribution in [2.24, 2.45) is 0 Å². The molecular formula is C22H26N2O7. The Morgan fingerprint density at radius 3 is 2.10 bits per heavy atom. The van der Waals surface area contributed by atoms with Gasteiger partial charge in [0, 0.05) is 19.2 Å². The van der Waals surface area contributed by atoms with Crippen LogP contribution < -0.4 is 15.4 Å². The normalized spacial score (nSPS) is 11.5. The van der Waals surface area contributed by atoms with Crippen molar-refractivity contribution in [3.63, 3.8) is 0 Å². The standard InChI is InChI=1S/C22H26N2O7/c1-30-12-10-23-22(29)20(19(27)14-26)24-21(28)17-4-2-15(3-5-17)16-6-8-18(9-7-16)31-13-11-25/h2-9,20,25-26H,10-14H2,1H3,(H,23,29)(H,24,28). The third-order valence-electron chi connectivity index (χ3n) is 4.32. The van der Waals surface area contributed by atoms with Gasteiger partial charge in [-0.25, -0.2) is 0 Å². The first-order valence-electron chi connectivity index (χ1n) is 9.65. The molecule has 2 amide bonds. The summed E-state index contributed by atoms with van der Waals surface area (Å²) in [4.78, 5) is 36.6. The minimum Gasteiger partial charge on any atom is -0.491 e. The first kappa shape index (κ1) is 24.0. The average molecular weight is 430 g/mol. The summed E-state index contributed by atoms with van der Waals surface area (Å²) in [6.45, 7) is -0.313. The molecule has 9 nitrogen and oxygen atoms in total. The van der Waals surface area contributed by atoms with Crippen LogP contribution in [0.3, 0.4) is 0 Å². The van der Waals surface area contributed by atoms with Crippen molar-refractivity contribution in [3.05, 3.63) is 54.1 Å². The maximum Gasteiger partial charge on any atom is 0.252 e. The highest BCUT2D eigenvalue weighted by molar-refractivity contribution is 6.10. The minimum absolute atomic E-state index is 0.0646. The lowest BCUT2D eigenvalue weighted by atomic mass is 10.0. The lowest BCUT2D eigenvalue weighted by Gasteiger charge is -2.16. The summed E-state index contributed by atoms with van der Waals surface area (Å²) in [5, 5.41) is 22.7. The summed E-state index contributed by atoms with van der Waals surface area (Å²) in [5.74, 6) is -1.52. The fraction of sp³-hybridized carbons (Fsp3) is 0.318. The SMILES string of the molecule is COCCNC(=O)C(NC(=O)c1ccc(-c2ccc(OCCO)cc2)cc1)C(=O)CO. The minimum atomic E-state index is -1.50. The Kier molecular flexibility index (Phi) is 9.63. The Labute approximate surface area is 180 Å². The summed E-state index contributed by atoms with van der Waals surface area (Å²) in [5.41, 5.74) is 2.01. The van der Waals surface area contributed by atoms with Gasteiger partial charge in [-0.2, -0.15) is 0 Å². The van der Waals surface area contributed by atoms with Crippen molar-refractivity contribution in [1.82, 2.24) is 10.6 Å². The fourth-order valence-corrected chi connectivity index (χ4v) is 2.70. The largest absolute Gasteiger partial charge is 0.491 e. The monoisotopic (exact) mass is 430 g/mol. The molecule has 2 aromatic rings. The smallest absolute Gasteiger partial charge is 0.252 e. The molecule has 0 saturated heterocycles. The van der Waals surface area contributed by atoms with Gasteiger partial charge in [0.1, 0.15) is 19.0 Å². The van der Waals surface area contributed by atoms with E-state index in [0.29, 0.717) is 5.75 Å². The number of carbonyl (C=O) groups excluding carboxylic acids is 3. The lowest BCUT2D eigenvalue weighted by Crippen LogP contribution is -2.52. The summed E-state index contributed by atoms with van der Waals surface area (Å²) >= 11 is 0. The molecule has 0 aromatic heterocycles. The van der Waals surface area contributed by atoms with Crippen LogP contribution in [0.5, 0.6) is 5.75 Å². The fourth-order valence-electron chi connectivity index (χ4n) is 2.70. The summed E-state index contributed by atoms with van der Waals surface area (Å²) < 4.78 is 10.2. The Hall–Kier alpha value is -3.27. The zero-order chi connectivity index (χ0) is 22.6. The molecule has 9 heteroatoms. The zero-order valence-electron chi connectivity index (χ0n) is 17.2.